The van der Waals surface area contributed by atoms with Gasteiger partial charge in [0.2, 0.25) is 5.90 Å². The minimum Gasteiger partial charge on any atom is -0.490 e. The molecule has 1 heterocycles. The summed E-state index contributed by atoms with van der Waals surface area (Å²) in [6, 6.07) is 13.3. The van der Waals surface area contributed by atoms with Gasteiger partial charge in [-0.15, -0.1) is 0 Å². The van der Waals surface area contributed by atoms with Crippen molar-refractivity contribution < 1.29 is 19.0 Å². The van der Waals surface area contributed by atoms with E-state index in [0.717, 1.165) is 11.1 Å². The van der Waals surface area contributed by atoms with Crippen molar-refractivity contribution in [3.8, 4) is 11.5 Å². The van der Waals surface area contributed by atoms with Crippen molar-refractivity contribution in [3.05, 3.63) is 77.5 Å². The topological polar surface area (TPSA) is 57.1 Å². The molecule has 5 heteroatoms. The van der Waals surface area contributed by atoms with Crippen LogP contribution in [0.5, 0.6) is 11.5 Å². The first kappa shape index (κ1) is 20.4. The van der Waals surface area contributed by atoms with Gasteiger partial charge in [-0.1, -0.05) is 44.7 Å². The molecule has 0 atom stereocenters. The van der Waals surface area contributed by atoms with E-state index in [9.17, 15) is 4.79 Å². The van der Waals surface area contributed by atoms with Crippen molar-refractivity contribution in [1.29, 1.82) is 0 Å². The fraction of sp³-hybridized carbons (Fsp3) is 0.250. The SMILES string of the molecule is C=CCOc1ccc(/C=C2\N=C(c3ccc(C(C)C)cc3)OC2=O)cc1OCC. The summed E-state index contributed by atoms with van der Waals surface area (Å²) in [5.41, 5.74) is 3.01. The zero-order chi connectivity index (χ0) is 20.8. The van der Waals surface area contributed by atoms with Crippen LogP contribution in [-0.2, 0) is 9.53 Å². The van der Waals surface area contributed by atoms with Crippen LogP contribution in [0.4, 0.5) is 0 Å². The lowest BCUT2D eigenvalue weighted by atomic mass is 10.0. The number of nitrogens with zero attached hydrogens (tertiary/aromatic N) is 1. The molecule has 0 spiro atoms. The number of hydrogen-bond acceptors (Lipinski definition) is 5. The number of esters is 1. The lowest BCUT2D eigenvalue weighted by Crippen LogP contribution is -2.05. The molecule has 0 fully saturated rings. The number of aliphatic imine (C=N–C) groups is 1. The van der Waals surface area contributed by atoms with Crippen molar-refractivity contribution in [2.75, 3.05) is 13.2 Å². The largest absolute Gasteiger partial charge is 0.490 e. The minimum atomic E-state index is -0.474. The van der Waals surface area contributed by atoms with Crippen LogP contribution in [-0.4, -0.2) is 25.1 Å². The van der Waals surface area contributed by atoms with E-state index in [-0.39, 0.29) is 5.70 Å². The van der Waals surface area contributed by atoms with Gasteiger partial charge in [0.25, 0.3) is 0 Å². The molecule has 150 valence electrons. The van der Waals surface area contributed by atoms with E-state index in [2.05, 4.69) is 25.4 Å². The highest BCUT2D eigenvalue weighted by Gasteiger charge is 2.24. The van der Waals surface area contributed by atoms with E-state index in [1.54, 1.807) is 18.2 Å². The van der Waals surface area contributed by atoms with Gasteiger partial charge in [0.15, 0.2) is 17.2 Å². The summed E-state index contributed by atoms with van der Waals surface area (Å²) >= 11 is 0. The Bertz CT molecular complexity index is 955. The van der Waals surface area contributed by atoms with Gasteiger partial charge in [-0.3, -0.25) is 0 Å². The highest BCUT2D eigenvalue weighted by atomic mass is 16.6. The molecule has 0 N–H and O–H groups in total. The van der Waals surface area contributed by atoms with Crippen LogP contribution < -0.4 is 9.47 Å². The number of hydrogen-bond donors (Lipinski definition) is 0. The number of benzene rings is 2. The van der Waals surface area contributed by atoms with Crippen molar-refractivity contribution in [1.82, 2.24) is 0 Å². The Hall–Kier alpha value is -3.34. The summed E-state index contributed by atoms with van der Waals surface area (Å²) < 4.78 is 16.6. The maximum absolute atomic E-state index is 12.3. The van der Waals surface area contributed by atoms with Crippen molar-refractivity contribution in [2.24, 2.45) is 4.99 Å². The quantitative estimate of drug-likeness (QED) is 0.356. The molecular weight excluding hydrogens is 366 g/mol. The first-order valence-electron chi connectivity index (χ1n) is 9.65. The van der Waals surface area contributed by atoms with Crippen LogP contribution in [0.3, 0.4) is 0 Å². The lowest BCUT2D eigenvalue weighted by molar-refractivity contribution is -0.129. The molecule has 1 aliphatic rings. The Morgan fingerprint density at radius 3 is 2.52 bits per heavy atom. The van der Waals surface area contributed by atoms with Gasteiger partial charge in [-0.05, 0) is 54.3 Å². The lowest BCUT2D eigenvalue weighted by Gasteiger charge is -2.11. The van der Waals surface area contributed by atoms with Crippen LogP contribution in [0.25, 0.3) is 6.08 Å². The van der Waals surface area contributed by atoms with Gasteiger partial charge in [0, 0.05) is 5.56 Å². The number of rotatable bonds is 8. The molecule has 0 saturated carbocycles. The monoisotopic (exact) mass is 391 g/mol. The van der Waals surface area contributed by atoms with Crippen molar-refractivity contribution in [2.45, 2.75) is 26.7 Å². The predicted molar refractivity (Wildman–Crippen MR) is 114 cm³/mol. The average molecular weight is 391 g/mol. The molecule has 0 aliphatic carbocycles. The van der Waals surface area contributed by atoms with E-state index in [1.807, 2.05) is 43.3 Å². The van der Waals surface area contributed by atoms with E-state index in [1.165, 1.54) is 5.56 Å². The van der Waals surface area contributed by atoms with Gasteiger partial charge in [0.05, 0.1) is 6.61 Å². The molecule has 29 heavy (non-hydrogen) atoms. The van der Waals surface area contributed by atoms with E-state index in [0.29, 0.717) is 36.5 Å². The summed E-state index contributed by atoms with van der Waals surface area (Å²) in [6.07, 6.45) is 3.35. The second kappa shape index (κ2) is 9.24. The summed E-state index contributed by atoms with van der Waals surface area (Å²) in [5, 5.41) is 0. The molecule has 3 rings (SSSR count). The van der Waals surface area contributed by atoms with Crippen LogP contribution in [0.2, 0.25) is 0 Å². The fourth-order valence-electron chi connectivity index (χ4n) is 2.85. The van der Waals surface area contributed by atoms with Gasteiger partial charge < -0.3 is 14.2 Å². The van der Waals surface area contributed by atoms with E-state index in [4.69, 9.17) is 14.2 Å². The van der Waals surface area contributed by atoms with Gasteiger partial charge >= 0.3 is 5.97 Å². The number of cyclic esters (lactones) is 1. The van der Waals surface area contributed by atoms with Crippen LogP contribution in [0.15, 0.2) is 65.8 Å². The second-order valence-corrected chi connectivity index (χ2v) is 6.85. The molecule has 5 nitrogen and oxygen atoms in total. The Morgan fingerprint density at radius 2 is 1.86 bits per heavy atom. The molecule has 0 saturated heterocycles. The Labute approximate surface area is 171 Å². The zero-order valence-corrected chi connectivity index (χ0v) is 17.0. The Balaban J connectivity index is 1.86. The van der Waals surface area contributed by atoms with Crippen LogP contribution in [0.1, 0.15) is 43.4 Å². The Morgan fingerprint density at radius 1 is 1.10 bits per heavy atom. The third kappa shape index (κ3) is 4.93. The van der Waals surface area contributed by atoms with Crippen molar-refractivity contribution in [3.63, 3.8) is 0 Å². The minimum absolute atomic E-state index is 0.246. The summed E-state index contributed by atoms with van der Waals surface area (Å²) in [6.45, 7) is 10.7. The molecule has 0 bridgehead atoms. The highest BCUT2D eigenvalue weighted by molar-refractivity contribution is 6.12. The first-order valence-corrected chi connectivity index (χ1v) is 9.65. The first-order chi connectivity index (χ1) is 14.0. The molecule has 0 aromatic heterocycles. The number of ether oxygens (including phenoxy) is 3. The number of carbonyl (C=O) groups is 1. The van der Waals surface area contributed by atoms with Gasteiger partial charge in [-0.2, -0.15) is 0 Å². The van der Waals surface area contributed by atoms with E-state index >= 15 is 0 Å². The highest BCUT2D eigenvalue weighted by Crippen LogP contribution is 2.30. The van der Waals surface area contributed by atoms with Gasteiger partial charge in [-0.25, -0.2) is 9.79 Å². The molecular formula is C24H25NO4. The number of carbonyl (C=O) groups excluding carboxylic acids is 1. The molecule has 2 aromatic carbocycles. The fourth-order valence-corrected chi connectivity index (χ4v) is 2.85. The van der Waals surface area contributed by atoms with Crippen LogP contribution in [0, 0.1) is 0 Å². The second-order valence-electron chi connectivity index (χ2n) is 6.85. The summed E-state index contributed by atoms with van der Waals surface area (Å²) in [5.74, 6) is 1.50. The Kier molecular flexibility index (Phi) is 6.50. The van der Waals surface area contributed by atoms with E-state index < -0.39 is 5.97 Å². The molecule has 1 aliphatic heterocycles. The third-order valence-electron chi connectivity index (χ3n) is 4.37. The predicted octanol–water partition coefficient (Wildman–Crippen LogP) is 5.12. The molecule has 0 amide bonds. The maximum atomic E-state index is 12.3. The summed E-state index contributed by atoms with van der Waals surface area (Å²) in [7, 11) is 0. The standard InChI is InChI=1S/C24H25NO4/c1-5-13-28-21-12-7-17(15-22(21)27-6-2)14-20-24(26)29-23(25-20)19-10-8-18(9-11-19)16(3)4/h5,7-12,14-16H,1,6,13H2,2-4H3/b20-14-. The summed E-state index contributed by atoms with van der Waals surface area (Å²) in [4.78, 5) is 16.7. The molecule has 0 unspecified atom stereocenters. The maximum Gasteiger partial charge on any atom is 0.363 e. The third-order valence-corrected chi connectivity index (χ3v) is 4.37. The van der Waals surface area contributed by atoms with Crippen molar-refractivity contribution >= 4 is 17.9 Å². The average Bonchev–Trinajstić information content (AvgIpc) is 3.08. The molecule has 2 aromatic rings. The zero-order valence-electron chi connectivity index (χ0n) is 17.0. The smallest absolute Gasteiger partial charge is 0.363 e. The molecule has 0 radical (unpaired) electrons. The normalized spacial score (nSPS) is 14.7. The van der Waals surface area contributed by atoms with Gasteiger partial charge in [0.1, 0.15) is 6.61 Å². The van der Waals surface area contributed by atoms with Crippen LogP contribution >= 0.6 is 0 Å².